The standard InChI is InChI=1S/C19H18FNO5/c20-15(11-21)17(26-19(24)14-9-5-2-6-10-14)16(22)12-25-18(23)13-7-3-1-4-8-13/h1-11,15-17,21-22H,12H2/t15-,16-,17+/m1/s1. The van der Waals surface area contributed by atoms with E-state index in [2.05, 4.69) is 0 Å². The van der Waals surface area contributed by atoms with Crippen LogP contribution in [0.15, 0.2) is 60.7 Å². The van der Waals surface area contributed by atoms with Crippen LogP contribution in [0, 0.1) is 5.41 Å². The van der Waals surface area contributed by atoms with Gasteiger partial charge in [0.25, 0.3) is 0 Å². The van der Waals surface area contributed by atoms with Crippen molar-refractivity contribution in [3.63, 3.8) is 0 Å². The highest BCUT2D eigenvalue weighted by Crippen LogP contribution is 2.13. The maximum Gasteiger partial charge on any atom is 0.338 e. The lowest BCUT2D eigenvalue weighted by molar-refractivity contribution is -0.0591. The molecule has 0 fully saturated rings. The number of hydrogen-bond donors (Lipinski definition) is 2. The lowest BCUT2D eigenvalue weighted by atomic mass is 10.1. The Kier molecular flexibility index (Phi) is 6.99. The molecule has 0 aliphatic carbocycles. The first-order chi connectivity index (χ1) is 12.5. The average molecular weight is 359 g/mol. The fraction of sp³-hybridized carbons (Fsp3) is 0.211. The molecule has 7 heteroatoms. The van der Waals surface area contributed by atoms with Gasteiger partial charge in [-0.25, -0.2) is 14.0 Å². The van der Waals surface area contributed by atoms with Gasteiger partial charge in [0, 0.05) is 6.21 Å². The molecule has 3 atom stereocenters. The van der Waals surface area contributed by atoms with Crippen molar-refractivity contribution < 1.29 is 28.6 Å². The minimum atomic E-state index is -2.05. The zero-order valence-electron chi connectivity index (χ0n) is 13.7. The van der Waals surface area contributed by atoms with Crippen molar-refractivity contribution in [2.24, 2.45) is 0 Å². The Balaban J connectivity index is 2.00. The Morgan fingerprint density at radius 1 is 1.00 bits per heavy atom. The van der Waals surface area contributed by atoms with Crippen LogP contribution in [0.25, 0.3) is 0 Å². The number of hydrogen-bond acceptors (Lipinski definition) is 6. The van der Waals surface area contributed by atoms with E-state index < -0.39 is 36.9 Å². The maximum atomic E-state index is 13.9. The van der Waals surface area contributed by atoms with E-state index in [0.29, 0.717) is 6.21 Å². The predicted molar refractivity (Wildman–Crippen MR) is 92.1 cm³/mol. The molecule has 2 N–H and O–H groups in total. The van der Waals surface area contributed by atoms with E-state index in [-0.39, 0.29) is 11.1 Å². The van der Waals surface area contributed by atoms with Gasteiger partial charge in [0.2, 0.25) is 0 Å². The van der Waals surface area contributed by atoms with E-state index in [0.717, 1.165) is 0 Å². The van der Waals surface area contributed by atoms with E-state index in [9.17, 15) is 19.1 Å². The van der Waals surface area contributed by atoms with Crippen LogP contribution in [0.3, 0.4) is 0 Å². The van der Waals surface area contributed by atoms with E-state index in [1.165, 1.54) is 24.3 Å². The average Bonchev–Trinajstić information content (AvgIpc) is 2.70. The van der Waals surface area contributed by atoms with Crippen molar-refractivity contribution in [3.05, 3.63) is 71.8 Å². The highest BCUT2D eigenvalue weighted by molar-refractivity contribution is 5.90. The molecule has 0 bridgehead atoms. The Bertz CT molecular complexity index is 738. The van der Waals surface area contributed by atoms with Crippen LogP contribution in [-0.2, 0) is 9.47 Å². The highest BCUT2D eigenvalue weighted by atomic mass is 19.1. The molecule has 2 aromatic carbocycles. The molecular weight excluding hydrogens is 341 g/mol. The largest absolute Gasteiger partial charge is 0.459 e. The maximum absolute atomic E-state index is 13.9. The summed E-state index contributed by atoms with van der Waals surface area (Å²) in [5, 5.41) is 17.1. The Hall–Kier alpha value is -3.06. The van der Waals surface area contributed by atoms with E-state index in [1.54, 1.807) is 36.4 Å². The number of ether oxygens (including phenoxy) is 2. The summed E-state index contributed by atoms with van der Waals surface area (Å²) in [6.45, 7) is -0.589. The van der Waals surface area contributed by atoms with Crippen LogP contribution in [0.4, 0.5) is 4.39 Å². The molecule has 0 aliphatic heterocycles. The molecule has 0 unspecified atom stereocenters. The van der Waals surface area contributed by atoms with Crippen LogP contribution in [0.2, 0.25) is 0 Å². The fourth-order valence-electron chi connectivity index (χ4n) is 2.13. The molecule has 0 heterocycles. The lowest BCUT2D eigenvalue weighted by Crippen LogP contribution is -2.42. The van der Waals surface area contributed by atoms with Crippen molar-refractivity contribution in [1.29, 1.82) is 5.41 Å². The quantitative estimate of drug-likeness (QED) is 0.557. The van der Waals surface area contributed by atoms with Gasteiger partial charge in [-0.15, -0.1) is 0 Å². The molecule has 0 saturated heterocycles. The molecule has 2 aromatic rings. The van der Waals surface area contributed by atoms with Gasteiger partial charge in [-0.2, -0.15) is 0 Å². The van der Waals surface area contributed by atoms with Gasteiger partial charge in [0.05, 0.1) is 11.1 Å². The number of benzene rings is 2. The number of nitrogens with one attached hydrogen (secondary N) is 1. The smallest absolute Gasteiger partial charge is 0.338 e. The fourth-order valence-corrected chi connectivity index (χ4v) is 2.13. The van der Waals surface area contributed by atoms with Gasteiger partial charge in [-0.1, -0.05) is 36.4 Å². The SMILES string of the molecule is N=C[C@@H](F)[C@H](OC(=O)c1ccccc1)[C@H](O)COC(=O)c1ccccc1. The summed E-state index contributed by atoms with van der Waals surface area (Å²) in [5.74, 6) is -1.56. The van der Waals surface area contributed by atoms with Gasteiger partial charge in [0.1, 0.15) is 12.7 Å². The first-order valence-corrected chi connectivity index (χ1v) is 7.84. The third-order valence-electron chi connectivity index (χ3n) is 3.50. The molecule has 0 aromatic heterocycles. The molecule has 6 nitrogen and oxygen atoms in total. The third-order valence-corrected chi connectivity index (χ3v) is 3.50. The zero-order valence-corrected chi connectivity index (χ0v) is 13.7. The summed E-state index contributed by atoms with van der Waals surface area (Å²) in [5.41, 5.74) is 0.435. The van der Waals surface area contributed by atoms with Crippen LogP contribution >= 0.6 is 0 Å². The van der Waals surface area contributed by atoms with Crippen molar-refractivity contribution in [1.82, 2.24) is 0 Å². The Morgan fingerprint density at radius 2 is 1.50 bits per heavy atom. The van der Waals surface area contributed by atoms with Crippen LogP contribution in [0.5, 0.6) is 0 Å². The zero-order chi connectivity index (χ0) is 18.9. The van der Waals surface area contributed by atoms with Crippen molar-refractivity contribution in [3.8, 4) is 0 Å². The number of rotatable bonds is 8. The minimum absolute atomic E-state index is 0.170. The number of carbonyl (C=O) groups is 2. The second-order valence-corrected chi connectivity index (χ2v) is 5.38. The molecule has 2 rings (SSSR count). The van der Waals surface area contributed by atoms with Crippen LogP contribution in [-0.4, -0.2) is 48.2 Å². The lowest BCUT2D eigenvalue weighted by Gasteiger charge is -2.24. The van der Waals surface area contributed by atoms with Crippen LogP contribution in [0.1, 0.15) is 20.7 Å². The number of esters is 2. The van der Waals surface area contributed by atoms with Gasteiger partial charge in [-0.3, -0.25) is 0 Å². The van der Waals surface area contributed by atoms with Gasteiger partial charge >= 0.3 is 11.9 Å². The Labute approximate surface area is 149 Å². The molecular formula is C19H18FNO5. The second kappa shape index (κ2) is 9.43. The summed E-state index contributed by atoms with van der Waals surface area (Å²) >= 11 is 0. The van der Waals surface area contributed by atoms with Gasteiger partial charge in [0.15, 0.2) is 12.3 Å². The minimum Gasteiger partial charge on any atom is -0.459 e. The molecule has 0 amide bonds. The second-order valence-electron chi connectivity index (χ2n) is 5.38. The first-order valence-electron chi connectivity index (χ1n) is 7.84. The summed E-state index contributed by atoms with van der Waals surface area (Å²) < 4.78 is 23.9. The van der Waals surface area contributed by atoms with E-state index in [4.69, 9.17) is 14.9 Å². The number of aliphatic hydroxyl groups excluding tert-OH is 1. The molecule has 136 valence electrons. The van der Waals surface area contributed by atoms with Crippen molar-refractivity contribution in [2.45, 2.75) is 18.4 Å². The molecule has 0 aliphatic rings. The molecule has 0 saturated carbocycles. The predicted octanol–water partition coefficient (Wildman–Crippen LogP) is 2.42. The van der Waals surface area contributed by atoms with Crippen LogP contribution < -0.4 is 0 Å². The molecule has 0 spiro atoms. The highest BCUT2D eigenvalue weighted by Gasteiger charge is 2.32. The number of carbonyl (C=O) groups excluding carboxylic acids is 2. The van der Waals surface area contributed by atoms with E-state index in [1.807, 2.05) is 0 Å². The van der Waals surface area contributed by atoms with Crippen molar-refractivity contribution >= 4 is 18.2 Å². The van der Waals surface area contributed by atoms with Gasteiger partial charge in [-0.05, 0) is 24.3 Å². The molecule has 26 heavy (non-hydrogen) atoms. The van der Waals surface area contributed by atoms with E-state index >= 15 is 0 Å². The number of aliphatic hydroxyl groups is 1. The summed E-state index contributed by atoms with van der Waals surface area (Å²) in [6.07, 6.45) is -4.95. The monoisotopic (exact) mass is 359 g/mol. The van der Waals surface area contributed by atoms with Crippen molar-refractivity contribution in [2.75, 3.05) is 6.61 Å². The summed E-state index contributed by atoms with van der Waals surface area (Å²) in [4.78, 5) is 23.9. The normalized spacial score (nSPS) is 13.9. The summed E-state index contributed by atoms with van der Waals surface area (Å²) in [7, 11) is 0. The third kappa shape index (κ3) is 5.22. The first kappa shape index (κ1) is 19.3. The Morgan fingerprint density at radius 3 is 2.00 bits per heavy atom. The number of alkyl halides is 1. The summed E-state index contributed by atoms with van der Waals surface area (Å²) in [6, 6.07) is 15.9. The topological polar surface area (TPSA) is 96.7 Å². The van der Waals surface area contributed by atoms with Gasteiger partial charge < -0.3 is 20.0 Å². The molecule has 0 radical (unpaired) electrons. The number of halogens is 1.